The number of nitrogens with zero attached hydrogens (tertiary/aromatic N) is 1. The molecule has 78 valence electrons. The highest BCUT2D eigenvalue weighted by Crippen LogP contribution is 2.24. The highest BCUT2D eigenvalue weighted by molar-refractivity contribution is 4.79. The van der Waals surface area contributed by atoms with Crippen molar-refractivity contribution < 1.29 is 0 Å². The molecule has 1 aliphatic carbocycles. The lowest BCUT2D eigenvalue weighted by atomic mass is 9.91. The number of hydrogen-bond acceptors (Lipinski definition) is 3. The van der Waals surface area contributed by atoms with Gasteiger partial charge in [-0.2, -0.15) is 0 Å². The third kappa shape index (κ3) is 3.63. The first-order valence-electron chi connectivity index (χ1n) is 5.52. The van der Waals surface area contributed by atoms with Crippen LogP contribution < -0.4 is 11.5 Å². The van der Waals surface area contributed by atoms with Gasteiger partial charge in [0.25, 0.3) is 0 Å². The Morgan fingerprint density at radius 2 is 1.54 bits per heavy atom. The maximum absolute atomic E-state index is 5.51. The Kier molecular flexibility index (Phi) is 5.35. The molecule has 0 heterocycles. The summed E-state index contributed by atoms with van der Waals surface area (Å²) < 4.78 is 0. The smallest absolute Gasteiger partial charge is 0.00952 e. The Morgan fingerprint density at radius 3 is 1.85 bits per heavy atom. The van der Waals surface area contributed by atoms with Gasteiger partial charge in [0, 0.05) is 6.04 Å². The summed E-state index contributed by atoms with van der Waals surface area (Å²) in [4.78, 5) is 2.57. The first-order valence-corrected chi connectivity index (χ1v) is 5.52. The Balaban J connectivity index is 2.16. The molecule has 0 aromatic rings. The molecule has 1 fully saturated rings. The third-order valence-electron chi connectivity index (χ3n) is 2.89. The number of nitrogens with two attached hydrogens (primary N) is 2. The third-order valence-corrected chi connectivity index (χ3v) is 2.89. The zero-order valence-electron chi connectivity index (χ0n) is 8.54. The van der Waals surface area contributed by atoms with Crippen LogP contribution in [0, 0.1) is 0 Å². The maximum atomic E-state index is 5.51. The summed E-state index contributed by atoms with van der Waals surface area (Å²) in [5, 5.41) is 0. The topological polar surface area (TPSA) is 55.3 Å². The summed E-state index contributed by atoms with van der Waals surface area (Å²) in [5.74, 6) is 0. The molecule has 0 spiro atoms. The van der Waals surface area contributed by atoms with Gasteiger partial charge < -0.3 is 16.4 Å². The predicted octanol–water partition coefficient (Wildman–Crippen LogP) is 0.539. The molecular weight excluding hydrogens is 162 g/mol. The van der Waals surface area contributed by atoms with Gasteiger partial charge in [-0.15, -0.1) is 0 Å². The lowest BCUT2D eigenvalue weighted by molar-refractivity contribution is 0.125. The minimum atomic E-state index is 0.811. The van der Waals surface area contributed by atoms with Gasteiger partial charge in [0.1, 0.15) is 0 Å². The molecule has 4 N–H and O–H groups in total. The Bertz CT molecular complexity index is 115. The van der Waals surface area contributed by atoms with Crippen LogP contribution in [-0.4, -0.2) is 37.1 Å². The largest absolute Gasteiger partial charge is 0.330 e. The first-order chi connectivity index (χ1) is 6.38. The van der Waals surface area contributed by atoms with Crippen LogP contribution in [0.1, 0.15) is 32.1 Å². The fourth-order valence-corrected chi connectivity index (χ4v) is 1.82. The van der Waals surface area contributed by atoms with Gasteiger partial charge in [-0.25, -0.2) is 0 Å². The van der Waals surface area contributed by atoms with Gasteiger partial charge in [-0.1, -0.05) is 6.42 Å². The average Bonchev–Trinajstić information content (AvgIpc) is 2.06. The van der Waals surface area contributed by atoms with Crippen molar-refractivity contribution in [2.45, 2.75) is 38.1 Å². The van der Waals surface area contributed by atoms with Crippen LogP contribution in [0.15, 0.2) is 0 Å². The SMILES string of the molecule is NCCCN(CCCN)C1CCC1. The molecule has 1 aliphatic rings. The normalized spacial score (nSPS) is 17.8. The second kappa shape index (κ2) is 6.35. The van der Waals surface area contributed by atoms with Crippen LogP contribution in [-0.2, 0) is 0 Å². The summed E-state index contributed by atoms with van der Waals surface area (Å²) in [6, 6.07) is 0.845. The monoisotopic (exact) mass is 185 g/mol. The number of hydrogen-bond donors (Lipinski definition) is 2. The average molecular weight is 185 g/mol. The molecule has 0 unspecified atom stereocenters. The van der Waals surface area contributed by atoms with Crippen LogP contribution in [0.2, 0.25) is 0 Å². The fourth-order valence-electron chi connectivity index (χ4n) is 1.82. The molecule has 0 aliphatic heterocycles. The molecule has 3 heteroatoms. The van der Waals surface area contributed by atoms with E-state index in [4.69, 9.17) is 11.5 Å². The molecule has 0 saturated heterocycles. The summed E-state index contributed by atoms with van der Waals surface area (Å²) in [5.41, 5.74) is 11.0. The summed E-state index contributed by atoms with van der Waals surface area (Å²) >= 11 is 0. The van der Waals surface area contributed by atoms with E-state index in [0.717, 1.165) is 32.0 Å². The fraction of sp³-hybridized carbons (Fsp3) is 1.00. The molecule has 0 atom stereocenters. The molecule has 0 amide bonds. The highest BCUT2D eigenvalue weighted by Gasteiger charge is 2.23. The van der Waals surface area contributed by atoms with E-state index >= 15 is 0 Å². The summed E-state index contributed by atoms with van der Waals surface area (Å²) in [7, 11) is 0. The molecule has 0 aromatic carbocycles. The van der Waals surface area contributed by atoms with Gasteiger partial charge in [-0.05, 0) is 51.9 Å². The van der Waals surface area contributed by atoms with Gasteiger partial charge >= 0.3 is 0 Å². The lowest BCUT2D eigenvalue weighted by Gasteiger charge is -2.37. The molecule has 3 nitrogen and oxygen atoms in total. The Labute approximate surface area is 81.5 Å². The van der Waals surface area contributed by atoms with Gasteiger partial charge in [0.05, 0.1) is 0 Å². The van der Waals surface area contributed by atoms with Crippen molar-refractivity contribution in [2.75, 3.05) is 26.2 Å². The van der Waals surface area contributed by atoms with E-state index < -0.39 is 0 Å². The van der Waals surface area contributed by atoms with E-state index in [1.165, 1.54) is 32.4 Å². The predicted molar refractivity (Wildman–Crippen MR) is 56.6 cm³/mol. The van der Waals surface area contributed by atoms with Crippen LogP contribution in [0.3, 0.4) is 0 Å². The van der Waals surface area contributed by atoms with E-state index in [1.54, 1.807) is 0 Å². The van der Waals surface area contributed by atoms with E-state index in [9.17, 15) is 0 Å². The Hall–Kier alpha value is -0.120. The number of rotatable bonds is 7. The van der Waals surface area contributed by atoms with Crippen molar-refractivity contribution >= 4 is 0 Å². The second-order valence-corrected chi connectivity index (χ2v) is 3.91. The van der Waals surface area contributed by atoms with Crippen molar-refractivity contribution in [2.24, 2.45) is 11.5 Å². The van der Waals surface area contributed by atoms with E-state index in [0.29, 0.717) is 0 Å². The van der Waals surface area contributed by atoms with Crippen molar-refractivity contribution in [1.29, 1.82) is 0 Å². The molecule has 1 rings (SSSR count). The van der Waals surface area contributed by atoms with Crippen molar-refractivity contribution in [3.63, 3.8) is 0 Å². The highest BCUT2D eigenvalue weighted by atomic mass is 15.2. The minimum Gasteiger partial charge on any atom is -0.330 e. The molecule has 13 heavy (non-hydrogen) atoms. The Morgan fingerprint density at radius 1 is 1.00 bits per heavy atom. The summed E-state index contributed by atoms with van der Waals surface area (Å²) in [6.45, 7) is 3.96. The van der Waals surface area contributed by atoms with Crippen LogP contribution in [0.4, 0.5) is 0 Å². The zero-order chi connectivity index (χ0) is 9.52. The lowest BCUT2D eigenvalue weighted by Crippen LogP contribution is -2.42. The zero-order valence-corrected chi connectivity index (χ0v) is 8.54. The van der Waals surface area contributed by atoms with Crippen molar-refractivity contribution in [1.82, 2.24) is 4.90 Å². The quantitative estimate of drug-likeness (QED) is 0.608. The first kappa shape index (κ1) is 11.0. The van der Waals surface area contributed by atoms with Gasteiger partial charge in [-0.3, -0.25) is 0 Å². The van der Waals surface area contributed by atoms with E-state index in [2.05, 4.69) is 4.90 Å². The van der Waals surface area contributed by atoms with Crippen molar-refractivity contribution in [3.05, 3.63) is 0 Å². The minimum absolute atomic E-state index is 0.811. The maximum Gasteiger partial charge on any atom is 0.00952 e. The van der Waals surface area contributed by atoms with Crippen molar-refractivity contribution in [3.8, 4) is 0 Å². The van der Waals surface area contributed by atoms with Gasteiger partial charge in [0.15, 0.2) is 0 Å². The van der Waals surface area contributed by atoms with E-state index in [1.807, 2.05) is 0 Å². The summed E-state index contributed by atoms with van der Waals surface area (Å²) in [6.07, 6.45) is 6.43. The van der Waals surface area contributed by atoms with Crippen LogP contribution in [0.5, 0.6) is 0 Å². The van der Waals surface area contributed by atoms with E-state index in [-0.39, 0.29) is 0 Å². The molecule has 1 saturated carbocycles. The molecule has 0 radical (unpaired) electrons. The van der Waals surface area contributed by atoms with Crippen LogP contribution >= 0.6 is 0 Å². The standard InChI is InChI=1S/C10H23N3/c11-6-2-8-13(9-3-7-12)10-4-1-5-10/h10H,1-9,11-12H2. The van der Waals surface area contributed by atoms with Crippen LogP contribution in [0.25, 0.3) is 0 Å². The molecule has 0 bridgehead atoms. The van der Waals surface area contributed by atoms with Gasteiger partial charge in [0.2, 0.25) is 0 Å². The molecule has 0 aromatic heterocycles. The molecular formula is C10H23N3. The second-order valence-electron chi connectivity index (χ2n) is 3.91.